The van der Waals surface area contributed by atoms with Gasteiger partial charge in [-0.05, 0) is 29.6 Å². The van der Waals surface area contributed by atoms with Gasteiger partial charge in [-0.3, -0.25) is 4.57 Å². The average Bonchev–Trinajstić information content (AvgIpc) is 3.07. The van der Waals surface area contributed by atoms with E-state index in [-0.39, 0.29) is 17.3 Å². The van der Waals surface area contributed by atoms with Crippen LogP contribution < -0.4 is 10.4 Å². The molecular weight excluding hydrogens is 329 g/mol. The van der Waals surface area contributed by atoms with Crippen LogP contribution in [0.3, 0.4) is 0 Å². The molecule has 0 spiro atoms. The summed E-state index contributed by atoms with van der Waals surface area (Å²) in [6, 6.07) is 7.12. The molecule has 1 aromatic carbocycles. The van der Waals surface area contributed by atoms with Crippen LogP contribution in [0.1, 0.15) is 0 Å². The zero-order valence-corrected chi connectivity index (χ0v) is 12.9. The van der Waals surface area contributed by atoms with E-state index in [1.54, 1.807) is 11.4 Å². The summed E-state index contributed by atoms with van der Waals surface area (Å²) in [4.78, 5) is 14.4. The first-order chi connectivity index (χ1) is 10.5. The number of fused-ring (bicyclic) bond motifs is 1. The van der Waals surface area contributed by atoms with Crippen molar-refractivity contribution in [3.8, 4) is 0 Å². The first-order valence-electron chi connectivity index (χ1n) is 6.38. The molecule has 6 nitrogen and oxygen atoms in total. The lowest BCUT2D eigenvalue weighted by atomic mass is 10.3. The number of rotatable bonds is 5. The zero-order chi connectivity index (χ0) is 15.7. The quantitative estimate of drug-likeness (QED) is 0.738. The number of benzene rings is 1. The number of nitrogens with zero attached hydrogens (tertiary/aromatic N) is 1. The Labute approximate surface area is 129 Å². The van der Waals surface area contributed by atoms with Crippen molar-refractivity contribution in [3.63, 3.8) is 0 Å². The molecule has 9 heteroatoms. The van der Waals surface area contributed by atoms with E-state index in [9.17, 15) is 17.6 Å². The largest absolute Gasteiger partial charge is 0.326 e. The lowest BCUT2D eigenvalue weighted by Gasteiger charge is -2.06. The van der Waals surface area contributed by atoms with E-state index < -0.39 is 21.5 Å². The topological polar surface area (TPSA) is 84.0 Å². The summed E-state index contributed by atoms with van der Waals surface area (Å²) in [6.07, 6.45) is 0. The summed E-state index contributed by atoms with van der Waals surface area (Å²) in [7, 11) is -3.56. The van der Waals surface area contributed by atoms with Crippen molar-refractivity contribution in [1.82, 2.24) is 14.3 Å². The summed E-state index contributed by atoms with van der Waals surface area (Å²) < 4.78 is 41.1. The van der Waals surface area contributed by atoms with Crippen LogP contribution in [0.15, 0.2) is 44.7 Å². The molecule has 0 aliphatic rings. The van der Waals surface area contributed by atoms with Gasteiger partial charge in [-0.1, -0.05) is 6.07 Å². The first-order valence-corrected chi connectivity index (χ1v) is 8.75. The minimum absolute atomic E-state index is 0.0600. The molecular formula is C13H12FN3O3S2. The molecule has 0 aliphatic carbocycles. The molecule has 22 heavy (non-hydrogen) atoms. The van der Waals surface area contributed by atoms with Crippen LogP contribution in [0.25, 0.3) is 11.0 Å². The van der Waals surface area contributed by atoms with Gasteiger partial charge in [0.2, 0.25) is 10.0 Å². The van der Waals surface area contributed by atoms with Gasteiger partial charge < -0.3 is 4.98 Å². The van der Waals surface area contributed by atoms with Gasteiger partial charge in [0.1, 0.15) is 10.0 Å². The van der Waals surface area contributed by atoms with Crippen LogP contribution in [0.4, 0.5) is 4.39 Å². The maximum atomic E-state index is 13.1. The van der Waals surface area contributed by atoms with Crippen LogP contribution in [0.5, 0.6) is 0 Å². The van der Waals surface area contributed by atoms with E-state index in [4.69, 9.17) is 0 Å². The third-order valence-electron chi connectivity index (χ3n) is 3.12. The molecule has 0 saturated heterocycles. The van der Waals surface area contributed by atoms with Crippen LogP contribution >= 0.6 is 11.3 Å². The highest BCUT2D eigenvalue weighted by atomic mass is 32.2. The summed E-state index contributed by atoms with van der Waals surface area (Å²) in [5.41, 5.74) is 0.503. The third-order valence-corrected chi connectivity index (χ3v) is 5.98. The van der Waals surface area contributed by atoms with E-state index in [2.05, 4.69) is 9.71 Å². The fraction of sp³-hybridized carbons (Fsp3) is 0.154. The Balaban J connectivity index is 1.78. The van der Waals surface area contributed by atoms with E-state index in [1.807, 2.05) is 0 Å². The average molecular weight is 341 g/mol. The lowest BCUT2D eigenvalue weighted by molar-refractivity contribution is 0.574. The van der Waals surface area contributed by atoms with Crippen molar-refractivity contribution in [2.24, 2.45) is 0 Å². The smallest absolute Gasteiger partial charge is 0.305 e. The molecule has 116 valence electrons. The SMILES string of the molecule is O=c1[nH]c2cc(F)ccc2n1CCNS(=O)(=O)c1cccs1. The predicted octanol–water partition coefficient (Wildman–Crippen LogP) is 1.51. The highest BCUT2D eigenvalue weighted by molar-refractivity contribution is 7.91. The number of aromatic nitrogens is 2. The summed E-state index contributed by atoms with van der Waals surface area (Å²) in [5.74, 6) is -0.445. The Morgan fingerprint density at radius 1 is 1.32 bits per heavy atom. The summed E-state index contributed by atoms with van der Waals surface area (Å²) in [6.45, 7) is 0.208. The Bertz CT molecular complexity index is 958. The van der Waals surface area contributed by atoms with Gasteiger partial charge in [0, 0.05) is 13.1 Å². The maximum Gasteiger partial charge on any atom is 0.326 e. The number of hydrogen-bond donors (Lipinski definition) is 2. The number of aromatic amines is 1. The van der Waals surface area contributed by atoms with E-state index in [0.717, 1.165) is 11.3 Å². The van der Waals surface area contributed by atoms with Crippen molar-refractivity contribution < 1.29 is 12.8 Å². The molecule has 3 aromatic rings. The van der Waals surface area contributed by atoms with Gasteiger partial charge >= 0.3 is 5.69 Å². The summed E-state index contributed by atoms with van der Waals surface area (Å²) in [5, 5.41) is 1.67. The molecule has 0 unspecified atom stereocenters. The minimum Gasteiger partial charge on any atom is -0.305 e. The molecule has 2 N–H and O–H groups in total. The standard InChI is InChI=1S/C13H12FN3O3S2/c14-9-3-4-11-10(8-9)16-13(18)17(11)6-5-15-22(19,20)12-2-1-7-21-12/h1-4,7-8,15H,5-6H2,(H,16,18). The summed E-state index contributed by atoms with van der Waals surface area (Å²) >= 11 is 1.12. The predicted molar refractivity (Wildman–Crippen MR) is 82.0 cm³/mol. The number of imidazole rings is 1. The van der Waals surface area contributed by atoms with Crippen molar-refractivity contribution in [2.75, 3.05) is 6.54 Å². The third kappa shape index (κ3) is 2.82. The van der Waals surface area contributed by atoms with E-state index in [0.29, 0.717) is 11.0 Å². The number of hydrogen-bond acceptors (Lipinski definition) is 4. The molecule has 2 heterocycles. The molecule has 0 aliphatic heterocycles. The maximum absolute atomic E-state index is 13.1. The monoisotopic (exact) mass is 341 g/mol. The van der Waals surface area contributed by atoms with Crippen LogP contribution in [-0.2, 0) is 16.6 Å². The Kier molecular flexibility index (Phi) is 3.85. The van der Waals surface area contributed by atoms with Gasteiger partial charge in [0.15, 0.2) is 0 Å². The highest BCUT2D eigenvalue weighted by Gasteiger charge is 2.15. The second kappa shape index (κ2) is 5.67. The number of nitrogens with one attached hydrogen (secondary N) is 2. The molecule has 0 fully saturated rings. The van der Waals surface area contributed by atoms with E-state index in [1.165, 1.54) is 28.8 Å². The zero-order valence-electron chi connectivity index (χ0n) is 11.2. The normalized spacial score (nSPS) is 12.0. The van der Waals surface area contributed by atoms with Crippen LogP contribution in [0, 0.1) is 5.82 Å². The molecule has 0 saturated carbocycles. The van der Waals surface area contributed by atoms with Gasteiger partial charge in [0.25, 0.3) is 0 Å². The second-order valence-corrected chi connectivity index (χ2v) is 7.51. The van der Waals surface area contributed by atoms with E-state index >= 15 is 0 Å². The van der Waals surface area contributed by atoms with Crippen molar-refractivity contribution >= 4 is 32.4 Å². The Hall–Kier alpha value is -1.97. The fourth-order valence-electron chi connectivity index (χ4n) is 2.14. The molecule has 0 amide bonds. The molecule has 0 atom stereocenters. The number of halogens is 1. The van der Waals surface area contributed by atoms with Crippen LogP contribution in [-0.4, -0.2) is 24.5 Å². The van der Waals surface area contributed by atoms with Gasteiger partial charge in [-0.15, -0.1) is 11.3 Å². The minimum atomic E-state index is -3.56. The fourth-order valence-corrected chi connectivity index (χ4v) is 4.20. The van der Waals surface area contributed by atoms with Gasteiger partial charge in [-0.25, -0.2) is 22.3 Å². The number of H-pyrrole nitrogens is 1. The molecule has 0 bridgehead atoms. The Morgan fingerprint density at radius 3 is 2.86 bits per heavy atom. The second-order valence-electron chi connectivity index (χ2n) is 4.57. The molecule has 0 radical (unpaired) electrons. The Morgan fingerprint density at radius 2 is 2.14 bits per heavy atom. The number of thiophene rings is 1. The highest BCUT2D eigenvalue weighted by Crippen LogP contribution is 2.15. The lowest BCUT2D eigenvalue weighted by Crippen LogP contribution is -2.29. The van der Waals surface area contributed by atoms with Gasteiger partial charge in [0.05, 0.1) is 11.0 Å². The van der Waals surface area contributed by atoms with Crippen molar-refractivity contribution in [3.05, 3.63) is 52.0 Å². The van der Waals surface area contributed by atoms with Crippen molar-refractivity contribution in [1.29, 1.82) is 0 Å². The van der Waals surface area contributed by atoms with Gasteiger partial charge in [-0.2, -0.15) is 0 Å². The first kappa shape index (κ1) is 14.9. The van der Waals surface area contributed by atoms with Crippen LogP contribution in [0.2, 0.25) is 0 Å². The molecule has 2 aromatic heterocycles. The number of sulfonamides is 1. The molecule has 3 rings (SSSR count). The van der Waals surface area contributed by atoms with Crippen molar-refractivity contribution in [2.45, 2.75) is 10.8 Å².